The van der Waals surface area contributed by atoms with E-state index < -0.39 is 11.8 Å². The van der Waals surface area contributed by atoms with Crippen molar-refractivity contribution >= 4 is 29.1 Å². The molecular formula is C20H21N3O3. The molecule has 1 aliphatic heterocycles. The lowest BCUT2D eigenvalue weighted by molar-refractivity contribution is -0.136. The maximum atomic E-state index is 12.1. The minimum atomic E-state index is -0.734. The van der Waals surface area contributed by atoms with Crippen molar-refractivity contribution in [3.63, 3.8) is 0 Å². The predicted octanol–water partition coefficient (Wildman–Crippen LogP) is 2.38. The van der Waals surface area contributed by atoms with E-state index in [1.807, 2.05) is 37.3 Å². The van der Waals surface area contributed by atoms with Gasteiger partial charge in [-0.2, -0.15) is 0 Å². The molecular weight excluding hydrogens is 330 g/mol. The summed E-state index contributed by atoms with van der Waals surface area (Å²) in [6.45, 7) is 2.95. The summed E-state index contributed by atoms with van der Waals surface area (Å²) in [6, 6.07) is 14.7. The minimum Gasteiger partial charge on any atom is -0.344 e. The Morgan fingerprint density at radius 2 is 1.85 bits per heavy atom. The first-order valence-corrected chi connectivity index (χ1v) is 8.58. The number of hydrogen-bond acceptors (Lipinski definition) is 3. The predicted molar refractivity (Wildman–Crippen MR) is 99.7 cm³/mol. The van der Waals surface area contributed by atoms with Crippen molar-refractivity contribution in [2.75, 3.05) is 16.8 Å². The minimum absolute atomic E-state index is 0.0734. The van der Waals surface area contributed by atoms with Gasteiger partial charge in [0.05, 0.1) is 0 Å². The first-order valence-electron chi connectivity index (χ1n) is 8.58. The second-order valence-corrected chi connectivity index (χ2v) is 6.32. The number of amides is 3. The summed E-state index contributed by atoms with van der Waals surface area (Å²) < 4.78 is 0. The van der Waals surface area contributed by atoms with E-state index in [-0.39, 0.29) is 12.5 Å². The fourth-order valence-corrected chi connectivity index (χ4v) is 2.83. The molecule has 2 N–H and O–H groups in total. The molecule has 0 spiro atoms. The summed E-state index contributed by atoms with van der Waals surface area (Å²) in [6.07, 6.45) is 1.37. The smallest absolute Gasteiger partial charge is 0.313 e. The van der Waals surface area contributed by atoms with E-state index in [4.69, 9.17) is 0 Å². The van der Waals surface area contributed by atoms with Gasteiger partial charge in [-0.1, -0.05) is 35.9 Å². The van der Waals surface area contributed by atoms with Gasteiger partial charge in [0.2, 0.25) is 5.91 Å². The molecule has 0 saturated carbocycles. The third-order valence-corrected chi connectivity index (χ3v) is 4.27. The van der Waals surface area contributed by atoms with Crippen LogP contribution in [0.5, 0.6) is 0 Å². The van der Waals surface area contributed by atoms with Crippen LogP contribution in [0, 0.1) is 6.92 Å². The maximum Gasteiger partial charge on any atom is 0.313 e. The van der Waals surface area contributed by atoms with Crippen LogP contribution in [-0.2, 0) is 20.9 Å². The quantitative estimate of drug-likeness (QED) is 0.830. The monoisotopic (exact) mass is 351 g/mol. The molecule has 0 unspecified atom stereocenters. The van der Waals surface area contributed by atoms with Crippen LogP contribution in [0.3, 0.4) is 0 Å². The molecule has 6 nitrogen and oxygen atoms in total. The molecule has 26 heavy (non-hydrogen) atoms. The summed E-state index contributed by atoms with van der Waals surface area (Å²) in [4.78, 5) is 37.6. The SMILES string of the molecule is Cc1ccc(CNC(=O)C(=O)Nc2cccc(N3CCCC3=O)c2)cc1. The lowest BCUT2D eigenvalue weighted by Gasteiger charge is -2.16. The number of nitrogens with zero attached hydrogens (tertiary/aromatic N) is 1. The zero-order chi connectivity index (χ0) is 18.5. The van der Waals surface area contributed by atoms with E-state index in [0.29, 0.717) is 18.7 Å². The van der Waals surface area contributed by atoms with Gasteiger partial charge >= 0.3 is 11.8 Å². The highest BCUT2D eigenvalue weighted by molar-refractivity contribution is 6.39. The molecule has 0 radical (unpaired) electrons. The van der Waals surface area contributed by atoms with Gasteiger partial charge in [0.15, 0.2) is 0 Å². The van der Waals surface area contributed by atoms with Crippen molar-refractivity contribution < 1.29 is 14.4 Å². The topological polar surface area (TPSA) is 78.5 Å². The molecule has 1 aliphatic rings. The largest absolute Gasteiger partial charge is 0.344 e. The van der Waals surface area contributed by atoms with Gasteiger partial charge in [-0.3, -0.25) is 14.4 Å². The number of aryl methyl sites for hydroxylation is 1. The number of benzene rings is 2. The molecule has 0 bridgehead atoms. The van der Waals surface area contributed by atoms with E-state index in [1.54, 1.807) is 23.1 Å². The molecule has 3 amide bonds. The van der Waals surface area contributed by atoms with Gasteiger partial charge in [0.25, 0.3) is 0 Å². The lowest BCUT2D eigenvalue weighted by Crippen LogP contribution is -2.35. The van der Waals surface area contributed by atoms with Crippen LogP contribution in [0.1, 0.15) is 24.0 Å². The molecule has 1 fully saturated rings. The van der Waals surface area contributed by atoms with Crippen molar-refractivity contribution in [3.8, 4) is 0 Å². The van der Waals surface area contributed by atoms with Gasteiger partial charge in [-0.05, 0) is 37.1 Å². The van der Waals surface area contributed by atoms with E-state index in [0.717, 1.165) is 23.2 Å². The highest BCUT2D eigenvalue weighted by Crippen LogP contribution is 2.24. The van der Waals surface area contributed by atoms with E-state index in [1.165, 1.54) is 0 Å². The molecule has 0 aliphatic carbocycles. The Bertz CT molecular complexity index is 830. The van der Waals surface area contributed by atoms with E-state index in [9.17, 15) is 14.4 Å². The number of hydrogen-bond donors (Lipinski definition) is 2. The van der Waals surface area contributed by atoms with Crippen LogP contribution in [0.25, 0.3) is 0 Å². The normalized spacial score (nSPS) is 13.6. The average molecular weight is 351 g/mol. The van der Waals surface area contributed by atoms with Gasteiger partial charge < -0.3 is 15.5 Å². The summed E-state index contributed by atoms with van der Waals surface area (Å²) in [7, 11) is 0. The van der Waals surface area contributed by atoms with E-state index in [2.05, 4.69) is 10.6 Å². The molecule has 2 aromatic carbocycles. The van der Waals surface area contributed by atoms with Crippen LogP contribution < -0.4 is 15.5 Å². The fraction of sp³-hybridized carbons (Fsp3) is 0.250. The van der Waals surface area contributed by atoms with Gasteiger partial charge in [-0.15, -0.1) is 0 Å². The molecule has 3 rings (SSSR count). The molecule has 6 heteroatoms. The second kappa shape index (κ2) is 7.82. The van der Waals surface area contributed by atoms with Gasteiger partial charge in [-0.25, -0.2) is 0 Å². The molecule has 0 atom stereocenters. The molecule has 1 saturated heterocycles. The van der Waals surface area contributed by atoms with Gasteiger partial charge in [0, 0.05) is 30.9 Å². The second-order valence-electron chi connectivity index (χ2n) is 6.32. The number of rotatable bonds is 4. The highest BCUT2D eigenvalue weighted by atomic mass is 16.2. The standard InChI is InChI=1S/C20H21N3O3/c1-14-7-9-15(10-8-14)13-21-19(25)20(26)22-16-4-2-5-17(12-16)23-11-3-6-18(23)24/h2,4-5,7-10,12H,3,6,11,13H2,1H3,(H,21,25)(H,22,26). The molecule has 134 valence electrons. The first kappa shape index (κ1) is 17.7. The summed E-state index contributed by atoms with van der Waals surface area (Å²) in [5.74, 6) is -1.36. The fourth-order valence-electron chi connectivity index (χ4n) is 2.83. The van der Waals surface area contributed by atoms with Crippen molar-refractivity contribution in [1.29, 1.82) is 0 Å². The zero-order valence-corrected chi connectivity index (χ0v) is 14.6. The summed E-state index contributed by atoms with van der Waals surface area (Å²) in [5, 5.41) is 5.18. The number of anilines is 2. The third kappa shape index (κ3) is 4.27. The van der Waals surface area contributed by atoms with Crippen molar-refractivity contribution in [3.05, 3.63) is 59.7 Å². The van der Waals surface area contributed by atoms with Crippen LogP contribution in [0.15, 0.2) is 48.5 Å². The Morgan fingerprint density at radius 3 is 2.54 bits per heavy atom. The number of carbonyl (C=O) groups excluding carboxylic acids is 3. The van der Waals surface area contributed by atoms with E-state index >= 15 is 0 Å². The number of carbonyl (C=O) groups is 3. The van der Waals surface area contributed by atoms with Crippen LogP contribution in [0.2, 0.25) is 0 Å². The van der Waals surface area contributed by atoms with Crippen molar-refractivity contribution in [1.82, 2.24) is 5.32 Å². The molecule has 1 heterocycles. The van der Waals surface area contributed by atoms with Crippen LogP contribution >= 0.6 is 0 Å². The zero-order valence-electron chi connectivity index (χ0n) is 14.6. The Hall–Kier alpha value is -3.15. The molecule has 0 aromatic heterocycles. The van der Waals surface area contributed by atoms with Crippen LogP contribution in [0.4, 0.5) is 11.4 Å². The highest BCUT2D eigenvalue weighted by Gasteiger charge is 2.22. The Labute approximate surface area is 152 Å². The Balaban J connectivity index is 1.57. The van der Waals surface area contributed by atoms with Gasteiger partial charge in [0.1, 0.15) is 0 Å². The summed E-state index contributed by atoms with van der Waals surface area (Å²) >= 11 is 0. The maximum absolute atomic E-state index is 12.1. The average Bonchev–Trinajstić information content (AvgIpc) is 3.07. The van der Waals surface area contributed by atoms with Crippen molar-refractivity contribution in [2.24, 2.45) is 0 Å². The lowest BCUT2D eigenvalue weighted by atomic mass is 10.1. The Kier molecular flexibility index (Phi) is 5.31. The Morgan fingerprint density at radius 1 is 1.08 bits per heavy atom. The number of nitrogens with one attached hydrogen (secondary N) is 2. The van der Waals surface area contributed by atoms with Crippen molar-refractivity contribution in [2.45, 2.75) is 26.3 Å². The van der Waals surface area contributed by atoms with Crippen LogP contribution in [-0.4, -0.2) is 24.3 Å². The third-order valence-electron chi connectivity index (χ3n) is 4.27. The molecule has 2 aromatic rings. The first-order chi connectivity index (χ1) is 12.5. The summed E-state index contributed by atoms with van der Waals surface area (Å²) in [5.41, 5.74) is 3.27.